The highest BCUT2D eigenvalue weighted by molar-refractivity contribution is 6.15. The van der Waals surface area contributed by atoms with E-state index in [0.717, 1.165) is 5.56 Å². The van der Waals surface area contributed by atoms with Crippen LogP contribution >= 0.6 is 0 Å². The van der Waals surface area contributed by atoms with Gasteiger partial charge < -0.3 is 14.2 Å². The number of rotatable bonds is 6. The third-order valence-corrected chi connectivity index (χ3v) is 4.92. The molecule has 0 amide bonds. The van der Waals surface area contributed by atoms with E-state index in [1.807, 2.05) is 42.5 Å². The van der Waals surface area contributed by atoms with E-state index < -0.39 is 0 Å². The van der Waals surface area contributed by atoms with Crippen molar-refractivity contribution in [3.8, 4) is 17.2 Å². The van der Waals surface area contributed by atoms with E-state index in [-0.39, 0.29) is 23.9 Å². The lowest BCUT2D eigenvalue weighted by molar-refractivity contribution is 0.0920. The van der Waals surface area contributed by atoms with Crippen LogP contribution in [0.15, 0.2) is 72.5 Å². The second-order valence-electron chi connectivity index (χ2n) is 6.82. The van der Waals surface area contributed by atoms with Gasteiger partial charge in [0, 0.05) is 16.7 Å². The average Bonchev–Trinajstić information content (AvgIpc) is 3.10. The molecule has 1 heterocycles. The summed E-state index contributed by atoms with van der Waals surface area (Å²) in [6, 6.07) is 19.7. The molecule has 0 spiro atoms. The van der Waals surface area contributed by atoms with Crippen LogP contribution < -0.4 is 14.2 Å². The second kappa shape index (κ2) is 8.25. The Balaban J connectivity index is 1.56. The van der Waals surface area contributed by atoms with Crippen molar-refractivity contribution < 1.29 is 23.8 Å². The van der Waals surface area contributed by atoms with Gasteiger partial charge in [0.05, 0.1) is 12.7 Å². The molecule has 0 saturated carbocycles. The van der Waals surface area contributed by atoms with Gasteiger partial charge in [-0.2, -0.15) is 0 Å². The van der Waals surface area contributed by atoms with E-state index in [2.05, 4.69) is 0 Å². The van der Waals surface area contributed by atoms with Crippen LogP contribution in [0.2, 0.25) is 0 Å². The highest BCUT2D eigenvalue weighted by atomic mass is 16.5. The summed E-state index contributed by atoms with van der Waals surface area (Å²) in [4.78, 5) is 25.1. The first kappa shape index (κ1) is 19.5. The summed E-state index contributed by atoms with van der Waals surface area (Å²) in [5.41, 5.74) is 2.48. The summed E-state index contributed by atoms with van der Waals surface area (Å²) < 4.78 is 16.9. The van der Waals surface area contributed by atoms with Gasteiger partial charge in [0.2, 0.25) is 5.78 Å². The molecule has 0 radical (unpaired) electrons. The molecule has 0 fully saturated rings. The Kier molecular flexibility index (Phi) is 5.35. The number of hydrogen-bond acceptors (Lipinski definition) is 5. The van der Waals surface area contributed by atoms with Crippen LogP contribution in [-0.4, -0.2) is 25.3 Å². The number of carbonyl (C=O) groups excluding carboxylic acids is 2. The predicted molar refractivity (Wildman–Crippen MR) is 113 cm³/mol. The Morgan fingerprint density at radius 2 is 1.70 bits per heavy atom. The number of fused-ring (bicyclic) bond motifs is 1. The van der Waals surface area contributed by atoms with E-state index in [1.165, 1.54) is 0 Å². The van der Waals surface area contributed by atoms with Gasteiger partial charge in [-0.15, -0.1) is 0 Å². The van der Waals surface area contributed by atoms with Gasteiger partial charge in [0.15, 0.2) is 18.1 Å². The largest absolute Gasteiger partial charge is 0.496 e. The topological polar surface area (TPSA) is 61.8 Å². The summed E-state index contributed by atoms with van der Waals surface area (Å²) in [5.74, 6) is 1.50. The van der Waals surface area contributed by atoms with Gasteiger partial charge >= 0.3 is 0 Å². The van der Waals surface area contributed by atoms with Crippen LogP contribution in [0.5, 0.6) is 17.2 Å². The molecule has 4 rings (SSSR count). The van der Waals surface area contributed by atoms with Crippen molar-refractivity contribution in [3.63, 3.8) is 0 Å². The Morgan fingerprint density at radius 3 is 2.47 bits per heavy atom. The zero-order valence-corrected chi connectivity index (χ0v) is 16.7. The summed E-state index contributed by atoms with van der Waals surface area (Å²) in [6.45, 7) is 1.71. The molecule has 0 atom stereocenters. The van der Waals surface area contributed by atoms with Crippen molar-refractivity contribution in [2.75, 3.05) is 13.7 Å². The summed E-state index contributed by atoms with van der Waals surface area (Å²) in [5, 5.41) is 0. The number of carbonyl (C=O) groups is 2. The predicted octanol–water partition coefficient (Wildman–Crippen LogP) is 4.88. The van der Waals surface area contributed by atoms with E-state index in [4.69, 9.17) is 14.2 Å². The second-order valence-corrected chi connectivity index (χ2v) is 6.82. The van der Waals surface area contributed by atoms with Gasteiger partial charge in [-0.25, -0.2) is 0 Å². The van der Waals surface area contributed by atoms with E-state index in [9.17, 15) is 9.59 Å². The number of para-hydroxylation sites is 1. The standard InChI is InChI=1S/C25H20O5/c1-16-21(29-15-20(26)17-8-4-3-5-9-17)13-12-19-24(27)23(30-25(16)19)14-18-10-6-7-11-22(18)28-2/h3-14H,15H2,1-2H3/b23-14-. The number of methoxy groups -OCH3 is 1. The van der Waals surface area contributed by atoms with E-state index >= 15 is 0 Å². The number of hydrogen-bond donors (Lipinski definition) is 0. The van der Waals surface area contributed by atoms with Crippen LogP contribution in [0, 0.1) is 6.92 Å². The van der Waals surface area contributed by atoms with E-state index in [0.29, 0.717) is 33.9 Å². The maximum Gasteiger partial charge on any atom is 0.231 e. The van der Waals surface area contributed by atoms with Gasteiger partial charge in [-0.3, -0.25) is 9.59 Å². The molecular weight excluding hydrogens is 380 g/mol. The minimum atomic E-state index is -0.203. The lowest BCUT2D eigenvalue weighted by Gasteiger charge is -2.11. The summed E-state index contributed by atoms with van der Waals surface area (Å²) in [6.07, 6.45) is 1.67. The molecule has 0 bridgehead atoms. The summed E-state index contributed by atoms with van der Waals surface area (Å²) in [7, 11) is 1.58. The molecule has 0 aliphatic carbocycles. The number of Topliss-reactive ketones (excluding diaryl/α,β-unsaturated/α-hetero) is 2. The van der Waals surface area contributed by atoms with Crippen LogP contribution in [0.1, 0.15) is 31.8 Å². The molecule has 1 aliphatic heterocycles. The molecule has 3 aromatic rings. The molecule has 0 N–H and O–H groups in total. The van der Waals surface area contributed by atoms with Crippen molar-refractivity contribution in [1.82, 2.24) is 0 Å². The fraction of sp³-hybridized carbons (Fsp3) is 0.120. The SMILES string of the molecule is COc1ccccc1/C=C1\Oc2c(ccc(OCC(=O)c3ccccc3)c2C)C1=O. The number of benzene rings is 3. The molecule has 0 unspecified atom stereocenters. The maximum absolute atomic E-state index is 12.8. The van der Waals surface area contributed by atoms with E-state index in [1.54, 1.807) is 44.4 Å². The quantitative estimate of drug-likeness (QED) is 0.436. The first-order chi connectivity index (χ1) is 14.6. The normalized spacial score (nSPS) is 13.7. The third-order valence-electron chi connectivity index (χ3n) is 4.92. The fourth-order valence-electron chi connectivity index (χ4n) is 3.30. The van der Waals surface area contributed by atoms with Crippen LogP contribution in [0.25, 0.3) is 6.08 Å². The van der Waals surface area contributed by atoms with Crippen molar-refractivity contribution in [2.24, 2.45) is 0 Å². The summed E-state index contributed by atoms with van der Waals surface area (Å²) >= 11 is 0. The van der Waals surface area contributed by atoms with Crippen molar-refractivity contribution >= 4 is 17.6 Å². The van der Waals surface area contributed by atoms with Gasteiger partial charge in [-0.05, 0) is 31.2 Å². The zero-order valence-electron chi connectivity index (χ0n) is 16.7. The smallest absolute Gasteiger partial charge is 0.231 e. The minimum Gasteiger partial charge on any atom is -0.496 e. The first-order valence-corrected chi connectivity index (χ1v) is 9.50. The van der Waals surface area contributed by atoms with Gasteiger partial charge in [0.25, 0.3) is 0 Å². The Hall–Kier alpha value is -3.86. The molecule has 0 aromatic heterocycles. The van der Waals surface area contributed by atoms with Crippen molar-refractivity contribution in [3.05, 3.63) is 94.7 Å². The maximum atomic E-state index is 12.8. The molecule has 5 nitrogen and oxygen atoms in total. The molecule has 1 aliphatic rings. The Bertz CT molecular complexity index is 1150. The Labute approximate surface area is 174 Å². The monoisotopic (exact) mass is 400 g/mol. The molecule has 150 valence electrons. The number of allylic oxidation sites excluding steroid dienone is 1. The van der Waals surface area contributed by atoms with Gasteiger partial charge in [0.1, 0.15) is 17.2 Å². The van der Waals surface area contributed by atoms with Crippen LogP contribution in [-0.2, 0) is 0 Å². The number of ether oxygens (including phenoxy) is 3. The van der Waals surface area contributed by atoms with Crippen molar-refractivity contribution in [2.45, 2.75) is 6.92 Å². The molecular formula is C25H20O5. The molecule has 5 heteroatoms. The molecule has 3 aromatic carbocycles. The van der Waals surface area contributed by atoms with Crippen molar-refractivity contribution in [1.29, 1.82) is 0 Å². The molecule has 30 heavy (non-hydrogen) atoms. The Morgan fingerprint density at radius 1 is 0.967 bits per heavy atom. The van der Waals surface area contributed by atoms with Crippen LogP contribution in [0.3, 0.4) is 0 Å². The number of ketones is 2. The zero-order chi connectivity index (χ0) is 21.1. The highest BCUT2D eigenvalue weighted by Gasteiger charge is 2.30. The highest BCUT2D eigenvalue weighted by Crippen LogP contribution is 2.39. The first-order valence-electron chi connectivity index (χ1n) is 9.50. The lowest BCUT2D eigenvalue weighted by Crippen LogP contribution is -2.12. The lowest BCUT2D eigenvalue weighted by atomic mass is 10.1. The molecule has 0 saturated heterocycles. The van der Waals surface area contributed by atoms with Crippen LogP contribution in [0.4, 0.5) is 0 Å². The fourth-order valence-corrected chi connectivity index (χ4v) is 3.30. The minimum absolute atomic E-state index is 0.0957. The third kappa shape index (κ3) is 3.70. The average molecular weight is 400 g/mol. The van der Waals surface area contributed by atoms with Gasteiger partial charge in [-0.1, -0.05) is 48.5 Å².